The van der Waals surface area contributed by atoms with Crippen molar-refractivity contribution in [3.05, 3.63) is 0 Å². The van der Waals surface area contributed by atoms with E-state index in [9.17, 15) is 4.79 Å². The van der Waals surface area contributed by atoms with Crippen LogP contribution in [0.3, 0.4) is 0 Å². The summed E-state index contributed by atoms with van der Waals surface area (Å²) in [5.74, 6) is 0.237. The molecule has 0 radical (unpaired) electrons. The molecule has 0 bridgehead atoms. The highest BCUT2D eigenvalue weighted by molar-refractivity contribution is 5.79. The molecule has 2 fully saturated rings. The molecule has 3 nitrogen and oxygen atoms in total. The lowest BCUT2D eigenvalue weighted by Gasteiger charge is -2.33. The van der Waals surface area contributed by atoms with Gasteiger partial charge in [-0.05, 0) is 33.7 Å². The van der Waals surface area contributed by atoms with Crippen molar-refractivity contribution in [3.8, 4) is 0 Å². The summed E-state index contributed by atoms with van der Waals surface area (Å²) in [6.45, 7) is 9.84. The summed E-state index contributed by atoms with van der Waals surface area (Å²) >= 11 is 0. The molecule has 0 aliphatic carbocycles. The van der Waals surface area contributed by atoms with Crippen molar-refractivity contribution in [1.29, 1.82) is 0 Å². The van der Waals surface area contributed by atoms with Crippen LogP contribution in [0.5, 0.6) is 0 Å². The second-order valence-electron chi connectivity index (χ2n) is 5.80. The van der Waals surface area contributed by atoms with Crippen LogP contribution in [0.4, 0.5) is 0 Å². The van der Waals surface area contributed by atoms with Crippen molar-refractivity contribution in [2.75, 3.05) is 19.6 Å². The van der Waals surface area contributed by atoms with Gasteiger partial charge in [0.15, 0.2) is 0 Å². The van der Waals surface area contributed by atoms with Crippen molar-refractivity contribution in [3.63, 3.8) is 0 Å². The zero-order valence-electron chi connectivity index (χ0n) is 9.39. The molecule has 3 heteroatoms. The second kappa shape index (κ2) is 2.96. The summed E-state index contributed by atoms with van der Waals surface area (Å²) in [6, 6.07) is 0. The topological polar surface area (TPSA) is 32.3 Å². The van der Waals surface area contributed by atoms with Gasteiger partial charge in [0.25, 0.3) is 0 Å². The largest absolute Gasteiger partial charge is 0.355 e. The Morgan fingerprint density at radius 3 is 2.57 bits per heavy atom. The summed E-state index contributed by atoms with van der Waals surface area (Å²) in [5.41, 5.74) is 0.500. The molecule has 14 heavy (non-hydrogen) atoms. The number of rotatable bonds is 0. The minimum Gasteiger partial charge on any atom is -0.355 e. The van der Waals surface area contributed by atoms with Crippen molar-refractivity contribution in [1.82, 2.24) is 10.2 Å². The molecule has 1 atom stereocenters. The third-order valence-electron chi connectivity index (χ3n) is 3.58. The Hall–Kier alpha value is -0.570. The third kappa shape index (κ3) is 1.65. The van der Waals surface area contributed by atoms with Gasteiger partial charge in [0.2, 0.25) is 5.91 Å². The first kappa shape index (κ1) is 9.97. The minimum atomic E-state index is 0.237. The Morgan fingerprint density at radius 1 is 1.43 bits per heavy atom. The van der Waals surface area contributed by atoms with Crippen molar-refractivity contribution in [2.24, 2.45) is 5.41 Å². The molecule has 2 saturated heterocycles. The normalized spacial score (nSPS) is 34.1. The van der Waals surface area contributed by atoms with E-state index in [1.807, 2.05) is 0 Å². The summed E-state index contributed by atoms with van der Waals surface area (Å²) in [4.78, 5) is 13.7. The van der Waals surface area contributed by atoms with Crippen molar-refractivity contribution in [2.45, 2.75) is 39.2 Å². The van der Waals surface area contributed by atoms with E-state index >= 15 is 0 Å². The molecular formula is C11H20N2O. The molecule has 0 aromatic carbocycles. The number of nitrogens with zero attached hydrogens (tertiary/aromatic N) is 1. The molecule has 2 aliphatic rings. The third-order valence-corrected chi connectivity index (χ3v) is 3.58. The van der Waals surface area contributed by atoms with Gasteiger partial charge in [-0.25, -0.2) is 0 Å². The number of hydrogen-bond acceptors (Lipinski definition) is 2. The monoisotopic (exact) mass is 196 g/mol. The van der Waals surface area contributed by atoms with E-state index in [4.69, 9.17) is 0 Å². The highest BCUT2D eigenvalue weighted by Gasteiger charge is 2.45. The van der Waals surface area contributed by atoms with Gasteiger partial charge in [0, 0.05) is 30.5 Å². The summed E-state index contributed by atoms with van der Waals surface area (Å²) in [6.07, 6.45) is 1.91. The maximum Gasteiger partial charge on any atom is 0.220 e. The van der Waals surface area contributed by atoms with Gasteiger partial charge in [0.1, 0.15) is 0 Å². The van der Waals surface area contributed by atoms with Gasteiger partial charge in [-0.1, -0.05) is 0 Å². The number of nitrogens with one attached hydrogen (secondary N) is 1. The number of likely N-dealkylation sites (tertiary alicyclic amines) is 1. The molecule has 2 rings (SSSR count). The molecule has 0 aromatic heterocycles. The Labute approximate surface area is 85.8 Å². The fourth-order valence-electron chi connectivity index (χ4n) is 2.55. The Balaban J connectivity index is 2.04. The predicted octanol–water partition coefficient (Wildman–Crippen LogP) is 0.997. The van der Waals surface area contributed by atoms with Gasteiger partial charge in [-0.2, -0.15) is 0 Å². The average Bonchev–Trinajstić information content (AvgIpc) is 2.59. The van der Waals surface area contributed by atoms with Gasteiger partial charge in [0.05, 0.1) is 0 Å². The maximum absolute atomic E-state index is 11.2. The van der Waals surface area contributed by atoms with Crippen LogP contribution in [-0.4, -0.2) is 36.0 Å². The lowest BCUT2D eigenvalue weighted by atomic mass is 9.86. The SMILES string of the molecule is CC(C)(C)N1CCC2(CNC(=O)C2)C1. The molecule has 0 aromatic rings. The van der Waals surface area contributed by atoms with Crippen LogP contribution in [0.15, 0.2) is 0 Å². The number of amides is 1. The van der Waals surface area contributed by atoms with Gasteiger partial charge in [-0.15, -0.1) is 0 Å². The van der Waals surface area contributed by atoms with Gasteiger partial charge in [-0.3, -0.25) is 9.69 Å². The number of hydrogen-bond donors (Lipinski definition) is 1. The standard InChI is InChI=1S/C11H20N2O/c1-10(2,3)13-5-4-11(8-13)6-9(14)12-7-11/h4-8H2,1-3H3,(H,12,14). The first-order valence-corrected chi connectivity index (χ1v) is 5.43. The van der Waals surface area contributed by atoms with E-state index in [2.05, 4.69) is 31.0 Å². The summed E-state index contributed by atoms with van der Waals surface area (Å²) < 4.78 is 0. The fraction of sp³-hybridized carbons (Fsp3) is 0.909. The van der Waals surface area contributed by atoms with Crippen LogP contribution in [-0.2, 0) is 4.79 Å². The predicted molar refractivity (Wildman–Crippen MR) is 56.0 cm³/mol. The van der Waals surface area contributed by atoms with E-state index in [1.165, 1.54) is 6.42 Å². The maximum atomic E-state index is 11.2. The van der Waals surface area contributed by atoms with E-state index in [1.54, 1.807) is 0 Å². The first-order valence-electron chi connectivity index (χ1n) is 5.43. The van der Waals surface area contributed by atoms with Gasteiger partial charge >= 0.3 is 0 Å². The average molecular weight is 196 g/mol. The lowest BCUT2D eigenvalue weighted by molar-refractivity contribution is -0.119. The van der Waals surface area contributed by atoms with Crippen LogP contribution in [0.2, 0.25) is 0 Å². The van der Waals surface area contributed by atoms with Crippen LogP contribution >= 0.6 is 0 Å². The van der Waals surface area contributed by atoms with E-state index in [0.29, 0.717) is 0 Å². The number of carbonyl (C=O) groups is 1. The molecule has 1 amide bonds. The van der Waals surface area contributed by atoms with Crippen LogP contribution in [0.1, 0.15) is 33.6 Å². The van der Waals surface area contributed by atoms with E-state index in [0.717, 1.165) is 26.1 Å². The highest BCUT2D eigenvalue weighted by atomic mass is 16.1. The first-order chi connectivity index (χ1) is 6.41. The Kier molecular flexibility index (Phi) is 2.11. The lowest BCUT2D eigenvalue weighted by Crippen LogP contribution is -2.41. The van der Waals surface area contributed by atoms with Crippen molar-refractivity contribution < 1.29 is 4.79 Å². The molecule has 1 spiro atoms. The zero-order valence-corrected chi connectivity index (χ0v) is 9.39. The molecule has 0 saturated carbocycles. The van der Waals surface area contributed by atoms with Gasteiger partial charge < -0.3 is 5.32 Å². The van der Waals surface area contributed by atoms with Crippen molar-refractivity contribution >= 4 is 5.91 Å². The van der Waals surface area contributed by atoms with Crippen LogP contribution < -0.4 is 5.32 Å². The minimum absolute atomic E-state index is 0.237. The van der Waals surface area contributed by atoms with Crippen LogP contribution in [0, 0.1) is 5.41 Å². The highest BCUT2D eigenvalue weighted by Crippen LogP contribution is 2.39. The Bertz CT molecular complexity index is 257. The molecule has 2 heterocycles. The quantitative estimate of drug-likeness (QED) is 0.627. The number of carbonyl (C=O) groups excluding carboxylic acids is 1. The van der Waals surface area contributed by atoms with Crippen LogP contribution in [0.25, 0.3) is 0 Å². The smallest absolute Gasteiger partial charge is 0.220 e. The summed E-state index contributed by atoms with van der Waals surface area (Å²) in [5, 5.41) is 2.96. The second-order valence-corrected chi connectivity index (χ2v) is 5.80. The summed E-state index contributed by atoms with van der Waals surface area (Å²) in [7, 11) is 0. The Morgan fingerprint density at radius 2 is 2.14 bits per heavy atom. The van der Waals surface area contributed by atoms with E-state index < -0.39 is 0 Å². The molecule has 1 unspecified atom stereocenters. The molecule has 2 aliphatic heterocycles. The molecular weight excluding hydrogens is 176 g/mol. The zero-order chi connectivity index (χ0) is 10.4. The van der Waals surface area contributed by atoms with E-state index in [-0.39, 0.29) is 16.9 Å². The molecule has 1 N–H and O–H groups in total. The molecule has 80 valence electrons. The fourth-order valence-corrected chi connectivity index (χ4v) is 2.55.